The third kappa shape index (κ3) is 2.19. The summed E-state index contributed by atoms with van der Waals surface area (Å²) in [5.74, 6) is 0. The van der Waals surface area contributed by atoms with E-state index in [1.807, 2.05) is 0 Å². The van der Waals surface area contributed by atoms with E-state index in [0.29, 0.717) is 0 Å². The lowest BCUT2D eigenvalue weighted by atomic mass is 9.95. The molecule has 0 bridgehead atoms. The Hall–Kier alpha value is -2.22. The minimum absolute atomic E-state index is 1.18. The first-order chi connectivity index (χ1) is 10.8. The SMILES string of the molecule is CN1C=Cc2ccccc2-c2c1cccc2N1CCCCC1. The second kappa shape index (κ2) is 5.53. The number of anilines is 2. The van der Waals surface area contributed by atoms with E-state index < -0.39 is 0 Å². The lowest BCUT2D eigenvalue weighted by Crippen LogP contribution is -2.30. The van der Waals surface area contributed by atoms with Gasteiger partial charge in [0.2, 0.25) is 0 Å². The molecule has 22 heavy (non-hydrogen) atoms. The van der Waals surface area contributed by atoms with Crippen LogP contribution in [-0.2, 0) is 0 Å². The Kier molecular flexibility index (Phi) is 3.38. The van der Waals surface area contributed by atoms with Crippen molar-refractivity contribution in [3.8, 4) is 11.1 Å². The van der Waals surface area contributed by atoms with Gasteiger partial charge >= 0.3 is 0 Å². The van der Waals surface area contributed by atoms with Crippen molar-refractivity contribution in [1.29, 1.82) is 0 Å². The van der Waals surface area contributed by atoms with Gasteiger partial charge in [-0.25, -0.2) is 0 Å². The molecule has 2 nitrogen and oxygen atoms in total. The Morgan fingerprint density at radius 3 is 2.45 bits per heavy atom. The molecule has 2 heteroatoms. The highest BCUT2D eigenvalue weighted by molar-refractivity contribution is 5.95. The van der Waals surface area contributed by atoms with Crippen molar-refractivity contribution in [1.82, 2.24) is 0 Å². The number of benzene rings is 2. The molecule has 0 N–H and O–H groups in total. The van der Waals surface area contributed by atoms with Crippen LogP contribution >= 0.6 is 0 Å². The molecule has 0 aromatic heterocycles. The van der Waals surface area contributed by atoms with Crippen molar-refractivity contribution in [2.45, 2.75) is 19.3 Å². The van der Waals surface area contributed by atoms with Gasteiger partial charge in [0.1, 0.15) is 0 Å². The van der Waals surface area contributed by atoms with Crippen molar-refractivity contribution in [3.63, 3.8) is 0 Å². The lowest BCUT2D eigenvalue weighted by Gasteiger charge is -2.32. The summed E-state index contributed by atoms with van der Waals surface area (Å²) in [6, 6.07) is 15.5. The molecule has 2 heterocycles. The molecular formula is C20H22N2. The maximum Gasteiger partial charge on any atom is 0.0504 e. The van der Waals surface area contributed by atoms with Crippen LogP contribution in [0.3, 0.4) is 0 Å². The highest BCUT2D eigenvalue weighted by Crippen LogP contribution is 2.43. The fraction of sp³-hybridized carbons (Fsp3) is 0.300. The third-order valence-electron chi connectivity index (χ3n) is 4.81. The number of fused-ring (bicyclic) bond motifs is 3. The molecule has 0 saturated carbocycles. The fourth-order valence-corrected chi connectivity index (χ4v) is 3.64. The standard InChI is InChI=1S/C20H22N2/c1-21-15-12-16-8-3-4-9-17(16)20-18(21)10-7-11-19(20)22-13-5-2-6-14-22/h3-4,7-12,15H,2,5-6,13-14H2,1H3. The van der Waals surface area contributed by atoms with E-state index in [1.54, 1.807) is 0 Å². The third-order valence-corrected chi connectivity index (χ3v) is 4.81. The summed E-state index contributed by atoms with van der Waals surface area (Å²) in [6.07, 6.45) is 8.36. The molecule has 2 aliphatic rings. The normalized spacial score (nSPS) is 17.0. The number of nitrogens with zero attached hydrogens (tertiary/aromatic N) is 2. The van der Waals surface area contributed by atoms with Gasteiger partial charge in [0.25, 0.3) is 0 Å². The topological polar surface area (TPSA) is 6.48 Å². The van der Waals surface area contributed by atoms with Gasteiger partial charge in [-0.1, -0.05) is 30.3 Å². The molecule has 2 aliphatic heterocycles. The molecular weight excluding hydrogens is 268 g/mol. The lowest BCUT2D eigenvalue weighted by molar-refractivity contribution is 0.578. The molecule has 2 aromatic rings. The predicted molar refractivity (Wildman–Crippen MR) is 95.4 cm³/mol. The molecule has 1 saturated heterocycles. The monoisotopic (exact) mass is 290 g/mol. The van der Waals surface area contributed by atoms with Crippen LogP contribution < -0.4 is 9.80 Å². The molecule has 4 rings (SSSR count). The smallest absolute Gasteiger partial charge is 0.0504 e. The van der Waals surface area contributed by atoms with Gasteiger partial charge in [-0.05, 0) is 48.6 Å². The van der Waals surface area contributed by atoms with Crippen LogP contribution in [0.15, 0.2) is 48.7 Å². The van der Waals surface area contributed by atoms with Crippen LogP contribution in [-0.4, -0.2) is 20.1 Å². The zero-order valence-corrected chi connectivity index (χ0v) is 13.1. The molecule has 2 aromatic carbocycles. The first-order valence-corrected chi connectivity index (χ1v) is 8.23. The number of hydrogen-bond acceptors (Lipinski definition) is 2. The van der Waals surface area contributed by atoms with E-state index in [1.165, 1.54) is 60.4 Å². The molecule has 0 radical (unpaired) electrons. The van der Waals surface area contributed by atoms with Crippen LogP contribution in [0.2, 0.25) is 0 Å². The zero-order valence-electron chi connectivity index (χ0n) is 13.1. The van der Waals surface area contributed by atoms with Gasteiger partial charge in [0.05, 0.1) is 5.69 Å². The number of piperidine rings is 1. The Balaban J connectivity index is 1.94. The molecule has 0 spiro atoms. The zero-order chi connectivity index (χ0) is 14.9. The van der Waals surface area contributed by atoms with Gasteiger partial charge in [0.15, 0.2) is 0 Å². The fourth-order valence-electron chi connectivity index (χ4n) is 3.64. The highest BCUT2D eigenvalue weighted by Gasteiger charge is 2.21. The van der Waals surface area contributed by atoms with Gasteiger partial charge in [0, 0.05) is 37.6 Å². The van der Waals surface area contributed by atoms with Crippen LogP contribution in [0, 0.1) is 0 Å². The first-order valence-electron chi connectivity index (χ1n) is 8.23. The first kappa shape index (κ1) is 13.4. The van der Waals surface area contributed by atoms with Crippen LogP contribution in [0.25, 0.3) is 17.2 Å². The van der Waals surface area contributed by atoms with Crippen molar-refractivity contribution in [2.24, 2.45) is 0 Å². The second-order valence-electron chi connectivity index (χ2n) is 6.23. The summed E-state index contributed by atoms with van der Waals surface area (Å²) in [7, 11) is 2.14. The summed E-state index contributed by atoms with van der Waals surface area (Å²) in [6.45, 7) is 2.35. The van der Waals surface area contributed by atoms with E-state index in [0.717, 1.165) is 0 Å². The van der Waals surface area contributed by atoms with E-state index in [4.69, 9.17) is 0 Å². The van der Waals surface area contributed by atoms with Crippen molar-refractivity contribution < 1.29 is 0 Å². The molecule has 0 aliphatic carbocycles. The summed E-state index contributed by atoms with van der Waals surface area (Å²) < 4.78 is 0. The summed E-state index contributed by atoms with van der Waals surface area (Å²) in [5.41, 5.74) is 6.72. The largest absolute Gasteiger partial charge is 0.371 e. The van der Waals surface area contributed by atoms with E-state index in [-0.39, 0.29) is 0 Å². The molecule has 0 atom stereocenters. The number of hydrogen-bond donors (Lipinski definition) is 0. The number of rotatable bonds is 1. The summed E-state index contributed by atoms with van der Waals surface area (Å²) >= 11 is 0. The second-order valence-corrected chi connectivity index (χ2v) is 6.23. The predicted octanol–water partition coefficient (Wildman–Crippen LogP) is 4.76. The van der Waals surface area contributed by atoms with Crippen molar-refractivity contribution >= 4 is 17.5 Å². The average Bonchev–Trinajstić information content (AvgIpc) is 2.73. The minimum atomic E-state index is 1.18. The molecule has 112 valence electrons. The Morgan fingerprint density at radius 1 is 0.818 bits per heavy atom. The van der Waals surface area contributed by atoms with Gasteiger partial charge in [-0.2, -0.15) is 0 Å². The Bertz CT molecular complexity index is 711. The maximum atomic E-state index is 2.57. The molecule has 0 unspecified atom stereocenters. The van der Waals surface area contributed by atoms with E-state index in [9.17, 15) is 0 Å². The van der Waals surface area contributed by atoms with E-state index in [2.05, 4.69) is 71.6 Å². The van der Waals surface area contributed by atoms with E-state index >= 15 is 0 Å². The highest BCUT2D eigenvalue weighted by atomic mass is 15.1. The van der Waals surface area contributed by atoms with Gasteiger partial charge in [-0.15, -0.1) is 0 Å². The summed E-state index contributed by atoms with van der Waals surface area (Å²) in [5, 5.41) is 0. The van der Waals surface area contributed by atoms with Gasteiger partial charge < -0.3 is 9.80 Å². The quantitative estimate of drug-likeness (QED) is 0.747. The Labute approximate surface area is 132 Å². The van der Waals surface area contributed by atoms with Gasteiger partial charge in [-0.3, -0.25) is 0 Å². The van der Waals surface area contributed by atoms with Crippen molar-refractivity contribution in [3.05, 3.63) is 54.2 Å². The van der Waals surface area contributed by atoms with Crippen molar-refractivity contribution in [2.75, 3.05) is 29.9 Å². The Morgan fingerprint density at radius 2 is 1.59 bits per heavy atom. The minimum Gasteiger partial charge on any atom is -0.371 e. The van der Waals surface area contributed by atoms with Crippen LogP contribution in [0.4, 0.5) is 11.4 Å². The average molecular weight is 290 g/mol. The molecule has 1 fully saturated rings. The molecule has 0 amide bonds. The maximum absolute atomic E-state index is 2.57. The summed E-state index contributed by atoms with van der Waals surface area (Å²) in [4.78, 5) is 4.81. The van der Waals surface area contributed by atoms with Crippen LogP contribution in [0.5, 0.6) is 0 Å². The van der Waals surface area contributed by atoms with Crippen LogP contribution in [0.1, 0.15) is 24.8 Å².